The van der Waals surface area contributed by atoms with Gasteiger partial charge in [-0.25, -0.2) is 18.4 Å². The van der Waals surface area contributed by atoms with E-state index in [-0.39, 0.29) is 12.8 Å². The molecule has 1 aliphatic rings. The van der Waals surface area contributed by atoms with Gasteiger partial charge in [0.2, 0.25) is 5.92 Å². The minimum Gasteiger partial charge on any atom is -0.250 e. The Morgan fingerprint density at radius 1 is 1.31 bits per heavy atom. The van der Waals surface area contributed by atoms with Crippen LogP contribution in [0.4, 0.5) is 8.78 Å². The molecule has 1 aliphatic carbocycles. The number of hydrogen-bond donors (Lipinski definition) is 0. The van der Waals surface area contributed by atoms with E-state index >= 15 is 0 Å². The summed E-state index contributed by atoms with van der Waals surface area (Å²) in [6.07, 6.45) is 1.21. The highest BCUT2D eigenvalue weighted by atomic mass is 19.3. The lowest BCUT2D eigenvalue weighted by Gasteiger charge is -2.28. The molecule has 1 aromatic heterocycles. The molecule has 1 fully saturated rings. The molecule has 0 radical (unpaired) electrons. The summed E-state index contributed by atoms with van der Waals surface area (Å²) in [6, 6.07) is 0. The normalized spacial score (nSPS) is 21.2. The van der Waals surface area contributed by atoms with Crippen molar-refractivity contribution in [2.45, 2.75) is 52.0 Å². The summed E-state index contributed by atoms with van der Waals surface area (Å²) in [4.78, 5) is 4.21. The number of halogens is 2. The van der Waals surface area contributed by atoms with Crippen LogP contribution in [0.5, 0.6) is 0 Å². The zero-order valence-electron chi connectivity index (χ0n) is 9.71. The van der Waals surface area contributed by atoms with E-state index in [9.17, 15) is 8.78 Å². The maximum Gasteiger partial charge on any atom is 0.248 e. The molecule has 1 aromatic rings. The lowest BCUT2D eigenvalue weighted by molar-refractivity contribution is -0.0477. The smallest absolute Gasteiger partial charge is 0.248 e. The van der Waals surface area contributed by atoms with Crippen LogP contribution in [0.1, 0.15) is 37.3 Å². The van der Waals surface area contributed by atoms with Gasteiger partial charge in [0.25, 0.3) is 0 Å². The second-order valence-electron chi connectivity index (χ2n) is 4.69. The molecule has 1 saturated carbocycles. The Balaban J connectivity index is 1.94. The van der Waals surface area contributed by atoms with E-state index in [1.54, 1.807) is 0 Å². The summed E-state index contributed by atoms with van der Waals surface area (Å²) in [6.45, 7) is 4.47. The van der Waals surface area contributed by atoms with Crippen LogP contribution in [-0.4, -0.2) is 20.7 Å². The first-order valence-electron chi connectivity index (χ1n) is 5.72. The zero-order valence-corrected chi connectivity index (χ0v) is 9.71. The highest BCUT2D eigenvalue weighted by molar-refractivity contribution is 4.88. The zero-order chi connectivity index (χ0) is 11.8. The van der Waals surface area contributed by atoms with Gasteiger partial charge in [-0.1, -0.05) is 0 Å². The molecule has 0 aliphatic heterocycles. The summed E-state index contributed by atoms with van der Waals surface area (Å²) < 4.78 is 27.8. The number of aromatic nitrogens is 3. The fourth-order valence-corrected chi connectivity index (χ4v) is 2.26. The Morgan fingerprint density at radius 3 is 2.44 bits per heavy atom. The first-order valence-corrected chi connectivity index (χ1v) is 5.72. The summed E-state index contributed by atoms with van der Waals surface area (Å²) in [5, 5.41) is 4.26. The van der Waals surface area contributed by atoms with Gasteiger partial charge >= 0.3 is 0 Å². The monoisotopic (exact) mass is 229 g/mol. The van der Waals surface area contributed by atoms with Crippen LogP contribution in [0.15, 0.2) is 0 Å². The lowest BCUT2D eigenvalue weighted by Crippen LogP contribution is -2.27. The average Bonchev–Trinajstić information content (AvgIpc) is 2.49. The van der Waals surface area contributed by atoms with E-state index in [0.717, 1.165) is 18.2 Å². The first-order chi connectivity index (χ1) is 7.46. The maximum absolute atomic E-state index is 13.0. The van der Waals surface area contributed by atoms with E-state index in [2.05, 4.69) is 10.1 Å². The standard InChI is InChI=1S/C11H17F2N3/c1-8-14-9(2)16(15-8)7-10-3-5-11(12,13)6-4-10/h10H,3-7H2,1-2H3. The van der Waals surface area contributed by atoms with E-state index < -0.39 is 5.92 Å². The van der Waals surface area contributed by atoms with Gasteiger partial charge in [-0.3, -0.25) is 0 Å². The molecule has 5 heteroatoms. The van der Waals surface area contributed by atoms with Gasteiger partial charge < -0.3 is 0 Å². The quantitative estimate of drug-likeness (QED) is 0.780. The second kappa shape index (κ2) is 4.11. The third-order valence-electron chi connectivity index (χ3n) is 3.23. The number of aryl methyl sites for hydroxylation is 2. The molecule has 0 aromatic carbocycles. The predicted molar refractivity (Wildman–Crippen MR) is 56.4 cm³/mol. The molecule has 16 heavy (non-hydrogen) atoms. The number of nitrogens with zero attached hydrogens (tertiary/aromatic N) is 3. The van der Waals surface area contributed by atoms with Crippen LogP contribution in [0.3, 0.4) is 0 Å². The van der Waals surface area contributed by atoms with Crippen molar-refractivity contribution in [3.8, 4) is 0 Å². The molecule has 0 N–H and O–H groups in total. The maximum atomic E-state index is 13.0. The molecule has 0 saturated heterocycles. The molecular weight excluding hydrogens is 212 g/mol. The molecule has 0 spiro atoms. The van der Waals surface area contributed by atoms with Gasteiger partial charge in [0, 0.05) is 19.4 Å². The van der Waals surface area contributed by atoms with Gasteiger partial charge in [0.1, 0.15) is 11.6 Å². The number of hydrogen-bond acceptors (Lipinski definition) is 2. The van der Waals surface area contributed by atoms with Gasteiger partial charge in [-0.15, -0.1) is 0 Å². The predicted octanol–water partition coefficient (Wildman–Crippen LogP) is 2.72. The Morgan fingerprint density at radius 2 is 1.94 bits per heavy atom. The lowest BCUT2D eigenvalue weighted by atomic mass is 9.87. The van der Waals surface area contributed by atoms with Crippen molar-refractivity contribution in [3.05, 3.63) is 11.6 Å². The summed E-state index contributed by atoms with van der Waals surface area (Å²) in [7, 11) is 0. The molecule has 2 rings (SSSR count). The van der Waals surface area contributed by atoms with Crippen molar-refractivity contribution in [2.75, 3.05) is 0 Å². The molecule has 0 unspecified atom stereocenters. The number of rotatable bonds is 2. The van der Waals surface area contributed by atoms with E-state index in [4.69, 9.17) is 0 Å². The Labute approximate surface area is 93.9 Å². The van der Waals surface area contributed by atoms with Gasteiger partial charge in [-0.2, -0.15) is 5.10 Å². The molecule has 0 amide bonds. The van der Waals surface area contributed by atoms with Crippen LogP contribution in [0.2, 0.25) is 0 Å². The minimum atomic E-state index is -2.44. The van der Waals surface area contributed by atoms with Crippen molar-refractivity contribution in [1.82, 2.24) is 14.8 Å². The Bertz CT molecular complexity index is 363. The van der Waals surface area contributed by atoms with Crippen molar-refractivity contribution in [3.63, 3.8) is 0 Å². The SMILES string of the molecule is Cc1nc(C)n(CC2CCC(F)(F)CC2)n1. The molecule has 90 valence electrons. The van der Waals surface area contributed by atoms with Crippen molar-refractivity contribution < 1.29 is 8.78 Å². The number of alkyl halides is 2. The molecule has 1 heterocycles. The second-order valence-corrected chi connectivity index (χ2v) is 4.69. The molecule has 0 atom stereocenters. The van der Waals surface area contributed by atoms with Crippen LogP contribution in [0, 0.1) is 19.8 Å². The van der Waals surface area contributed by atoms with E-state index in [1.807, 2.05) is 18.5 Å². The summed E-state index contributed by atoms with van der Waals surface area (Å²) in [5.41, 5.74) is 0. The van der Waals surface area contributed by atoms with Gasteiger partial charge in [0.05, 0.1) is 0 Å². The van der Waals surface area contributed by atoms with E-state index in [0.29, 0.717) is 18.8 Å². The Hall–Kier alpha value is -1.00. The molecular formula is C11H17F2N3. The fourth-order valence-electron chi connectivity index (χ4n) is 2.26. The molecule has 0 bridgehead atoms. The van der Waals surface area contributed by atoms with Crippen LogP contribution in [0.25, 0.3) is 0 Å². The van der Waals surface area contributed by atoms with E-state index in [1.165, 1.54) is 0 Å². The van der Waals surface area contributed by atoms with Crippen LogP contribution in [-0.2, 0) is 6.54 Å². The van der Waals surface area contributed by atoms with Crippen molar-refractivity contribution >= 4 is 0 Å². The summed E-state index contributed by atoms with van der Waals surface area (Å²) >= 11 is 0. The van der Waals surface area contributed by atoms with Crippen LogP contribution < -0.4 is 0 Å². The minimum absolute atomic E-state index is 0.0182. The van der Waals surface area contributed by atoms with Crippen molar-refractivity contribution in [1.29, 1.82) is 0 Å². The topological polar surface area (TPSA) is 30.7 Å². The van der Waals surface area contributed by atoms with Gasteiger partial charge in [-0.05, 0) is 32.6 Å². The molecule has 3 nitrogen and oxygen atoms in total. The highest BCUT2D eigenvalue weighted by Gasteiger charge is 2.35. The third-order valence-corrected chi connectivity index (χ3v) is 3.23. The Kier molecular flexibility index (Phi) is 2.95. The highest BCUT2D eigenvalue weighted by Crippen LogP contribution is 2.36. The average molecular weight is 229 g/mol. The summed E-state index contributed by atoms with van der Waals surface area (Å²) in [5.74, 6) is -0.503. The fraction of sp³-hybridized carbons (Fsp3) is 0.818. The van der Waals surface area contributed by atoms with Crippen LogP contribution >= 0.6 is 0 Å². The largest absolute Gasteiger partial charge is 0.250 e. The first kappa shape index (κ1) is 11.5. The van der Waals surface area contributed by atoms with Crippen molar-refractivity contribution in [2.24, 2.45) is 5.92 Å². The third kappa shape index (κ3) is 2.57. The van der Waals surface area contributed by atoms with Gasteiger partial charge in [0.15, 0.2) is 0 Å².